The standard InChI is InChI=1S/C14H25N3/c1-4-12(10-15-13-6-7-13)9-14-8-11(3)16-17(14)5-2/h8,12-13,15H,4-7,9-10H2,1-3H3. The second-order valence-corrected chi connectivity index (χ2v) is 5.25. The van der Waals surface area contributed by atoms with Crippen LogP contribution in [0.25, 0.3) is 0 Å². The monoisotopic (exact) mass is 235 g/mol. The number of aromatic nitrogens is 2. The van der Waals surface area contributed by atoms with Gasteiger partial charge in [0.1, 0.15) is 0 Å². The van der Waals surface area contributed by atoms with Crippen LogP contribution >= 0.6 is 0 Å². The maximum atomic E-state index is 4.52. The lowest BCUT2D eigenvalue weighted by Gasteiger charge is -2.16. The molecule has 0 aliphatic heterocycles. The summed E-state index contributed by atoms with van der Waals surface area (Å²) in [5.41, 5.74) is 2.54. The molecule has 96 valence electrons. The first kappa shape index (κ1) is 12.6. The Bertz CT molecular complexity index is 352. The van der Waals surface area contributed by atoms with Crippen molar-refractivity contribution in [1.82, 2.24) is 15.1 Å². The summed E-state index contributed by atoms with van der Waals surface area (Å²) in [7, 11) is 0. The third-order valence-corrected chi connectivity index (χ3v) is 3.63. The van der Waals surface area contributed by atoms with Gasteiger partial charge in [-0.05, 0) is 51.6 Å². The molecule has 0 aromatic carbocycles. The molecule has 17 heavy (non-hydrogen) atoms. The van der Waals surface area contributed by atoms with Crippen LogP contribution in [-0.4, -0.2) is 22.4 Å². The van der Waals surface area contributed by atoms with E-state index >= 15 is 0 Å². The third-order valence-electron chi connectivity index (χ3n) is 3.63. The zero-order valence-electron chi connectivity index (χ0n) is 11.4. The highest BCUT2D eigenvalue weighted by atomic mass is 15.3. The van der Waals surface area contributed by atoms with Gasteiger partial charge in [0.15, 0.2) is 0 Å². The van der Waals surface area contributed by atoms with Crippen molar-refractivity contribution in [3.63, 3.8) is 0 Å². The fraction of sp³-hybridized carbons (Fsp3) is 0.786. The average molecular weight is 235 g/mol. The van der Waals surface area contributed by atoms with Crippen molar-refractivity contribution in [3.8, 4) is 0 Å². The van der Waals surface area contributed by atoms with Crippen LogP contribution in [0.15, 0.2) is 6.07 Å². The molecular formula is C14H25N3. The molecule has 1 aromatic rings. The molecule has 0 saturated heterocycles. The summed E-state index contributed by atoms with van der Waals surface area (Å²) >= 11 is 0. The number of hydrogen-bond acceptors (Lipinski definition) is 2. The van der Waals surface area contributed by atoms with Gasteiger partial charge in [-0.25, -0.2) is 0 Å². The first-order valence-electron chi connectivity index (χ1n) is 6.99. The Morgan fingerprint density at radius 3 is 2.82 bits per heavy atom. The molecule has 3 heteroatoms. The smallest absolute Gasteiger partial charge is 0.0596 e. The summed E-state index contributed by atoms with van der Waals surface area (Å²) in [6, 6.07) is 3.06. The fourth-order valence-corrected chi connectivity index (χ4v) is 2.31. The van der Waals surface area contributed by atoms with E-state index in [1.807, 2.05) is 0 Å². The number of rotatable bonds is 7. The van der Waals surface area contributed by atoms with Crippen LogP contribution < -0.4 is 5.32 Å². The molecule has 0 radical (unpaired) electrons. The lowest BCUT2D eigenvalue weighted by Crippen LogP contribution is -2.26. The summed E-state index contributed by atoms with van der Waals surface area (Å²) in [5.74, 6) is 0.747. The Kier molecular flexibility index (Phi) is 4.21. The van der Waals surface area contributed by atoms with Crippen molar-refractivity contribution in [3.05, 3.63) is 17.5 Å². The van der Waals surface area contributed by atoms with Gasteiger partial charge in [0.05, 0.1) is 5.69 Å². The van der Waals surface area contributed by atoms with E-state index in [2.05, 4.69) is 41.9 Å². The molecule has 3 nitrogen and oxygen atoms in total. The van der Waals surface area contributed by atoms with Gasteiger partial charge in [0, 0.05) is 18.3 Å². The minimum atomic E-state index is 0.747. The second kappa shape index (κ2) is 5.67. The number of nitrogens with zero attached hydrogens (tertiary/aromatic N) is 2. The minimum Gasteiger partial charge on any atom is -0.314 e. The number of hydrogen-bond donors (Lipinski definition) is 1. The van der Waals surface area contributed by atoms with Gasteiger partial charge < -0.3 is 5.32 Å². The number of nitrogens with one attached hydrogen (secondary N) is 1. The zero-order valence-corrected chi connectivity index (χ0v) is 11.4. The van der Waals surface area contributed by atoms with Gasteiger partial charge in [-0.1, -0.05) is 13.3 Å². The Balaban J connectivity index is 1.90. The first-order chi connectivity index (χ1) is 8.22. The average Bonchev–Trinajstić information content (AvgIpc) is 3.08. The normalized spacial score (nSPS) is 17.4. The fourth-order valence-electron chi connectivity index (χ4n) is 2.31. The van der Waals surface area contributed by atoms with Crippen molar-refractivity contribution in [1.29, 1.82) is 0 Å². The summed E-state index contributed by atoms with van der Waals surface area (Å²) in [6.07, 6.45) is 5.16. The summed E-state index contributed by atoms with van der Waals surface area (Å²) in [4.78, 5) is 0. The molecule has 1 heterocycles. The minimum absolute atomic E-state index is 0.747. The van der Waals surface area contributed by atoms with E-state index in [1.165, 1.54) is 25.0 Å². The highest BCUT2D eigenvalue weighted by Gasteiger charge is 2.22. The van der Waals surface area contributed by atoms with E-state index in [-0.39, 0.29) is 0 Å². The molecule has 1 N–H and O–H groups in total. The highest BCUT2D eigenvalue weighted by molar-refractivity contribution is 5.09. The van der Waals surface area contributed by atoms with Crippen molar-refractivity contribution >= 4 is 0 Å². The van der Waals surface area contributed by atoms with Gasteiger partial charge in [-0.2, -0.15) is 5.10 Å². The van der Waals surface area contributed by atoms with E-state index < -0.39 is 0 Å². The predicted molar refractivity (Wildman–Crippen MR) is 71.1 cm³/mol. The molecule has 1 aliphatic rings. The molecule has 0 amide bonds. The summed E-state index contributed by atoms with van der Waals surface area (Å²) < 4.78 is 2.15. The van der Waals surface area contributed by atoms with Crippen LogP contribution in [0.1, 0.15) is 44.5 Å². The summed E-state index contributed by atoms with van der Waals surface area (Å²) in [5, 5.41) is 8.16. The largest absolute Gasteiger partial charge is 0.314 e. The lowest BCUT2D eigenvalue weighted by atomic mass is 10.00. The SMILES string of the molecule is CCC(CNC1CC1)Cc1cc(C)nn1CC. The Morgan fingerprint density at radius 1 is 1.47 bits per heavy atom. The van der Waals surface area contributed by atoms with Crippen molar-refractivity contribution in [2.75, 3.05) is 6.54 Å². The van der Waals surface area contributed by atoms with Gasteiger partial charge in [-0.3, -0.25) is 4.68 Å². The molecule has 0 spiro atoms. The van der Waals surface area contributed by atoms with Crippen molar-refractivity contribution < 1.29 is 0 Å². The van der Waals surface area contributed by atoms with Crippen LogP contribution in [0.4, 0.5) is 0 Å². The first-order valence-corrected chi connectivity index (χ1v) is 6.99. The molecule has 1 fully saturated rings. The molecule has 1 atom stereocenters. The van der Waals surface area contributed by atoms with Gasteiger partial charge in [0.25, 0.3) is 0 Å². The lowest BCUT2D eigenvalue weighted by molar-refractivity contribution is 0.442. The molecule has 1 saturated carbocycles. The zero-order chi connectivity index (χ0) is 12.3. The van der Waals surface area contributed by atoms with Gasteiger partial charge in [0.2, 0.25) is 0 Å². The Hall–Kier alpha value is -0.830. The molecule has 1 aromatic heterocycles. The van der Waals surface area contributed by atoms with E-state index in [9.17, 15) is 0 Å². The van der Waals surface area contributed by atoms with E-state index in [1.54, 1.807) is 0 Å². The van der Waals surface area contributed by atoms with E-state index in [0.29, 0.717) is 0 Å². The van der Waals surface area contributed by atoms with Gasteiger partial charge in [-0.15, -0.1) is 0 Å². The van der Waals surface area contributed by atoms with Crippen LogP contribution in [0.2, 0.25) is 0 Å². The highest BCUT2D eigenvalue weighted by Crippen LogP contribution is 2.20. The second-order valence-electron chi connectivity index (χ2n) is 5.25. The van der Waals surface area contributed by atoms with Crippen LogP contribution in [-0.2, 0) is 13.0 Å². The number of aryl methyl sites for hydroxylation is 2. The van der Waals surface area contributed by atoms with E-state index in [4.69, 9.17) is 0 Å². The maximum absolute atomic E-state index is 4.52. The van der Waals surface area contributed by atoms with Crippen LogP contribution in [0, 0.1) is 12.8 Å². The molecule has 0 bridgehead atoms. The Labute approximate surface area is 105 Å². The van der Waals surface area contributed by atoms with Crippen LogP contribution in [0.5, 0.6) is 0 Å². The molecular weight excluding hydrogens is 210 g/mol. The quantitative estimate of drug-likeness (QED) is 0.787. The van der Waals surface area contributed by atoms with Crippen LogP contribution in [0.3, 0.4) is 0 Å². The topological polar surface area (TPSA) is 29.9 Å². The molecule has 1 unspecified atom stereocenters. The Morgan fingerprint density at radius 2 is 2.24 bits per heavy atom. The molecule has 1 aliphatic carbocycles. The van der Waals surface area contributed by atoms with Gasteiger partial charge >= 0.3 is 0 Å². The van der Waals surface area contributed by atoms with Crippen molar-refractivity contribution in [2.24, 2.45) is 5.92 Å². The predicted octanol–water partition coefficient (Wildman–Crippen LogP) is 2.53. The maximum Gasteiger partial charge on any atom is 0.0596 e. The van der Waals surface area contributed by atoms with E-state index in [0.717, 1.165) is 37.2 Å². The molecule has 2 rings (SSSR count). The third kappa shape index (κ3) is 3.56. The summed E-state index contributed by atoms with van der Waals surface area (Å²) in [6.45, 7) is 8.68. The van der Waals surface area contributed by atoms with Crippen molar-refractivity contribution in [2.45, 2.75) is 59.0 Å².